The van der Waals surface area contributed by atoms with Gasteiger partial charge in [0.2, 0.25) is 12.3 Å². The summed E-state index contributed by atoms with van der Waals surface area (Å²) in [4.78, 5) is 30.9. The first-order valence-electron chi connectivity index (χ1n) is 8.72. The number of H-pyrrole nitrogens is 1. The van der Waals surface area contributed by atoms with Gasteiger partial charge in [-0.3, -0.25) is 4.79 Å². The smallest absolute Gasteiger partial charge is 0.344 e. The minimum Gasteiger partial charge on any atom is -0.393 e. The fraction of sp³-hybridized carbons (Fsp3) is 0.471. The summed E-state index contributed by atoms with van der Waals surface area (Å²) in [5.74, 6) is -1.66. The Morgan fingerprint density at radius 2 is 1.97 bits per heavy atom. The van der Waals surface area contributed by atoms with Gasteiger partial charge in [0.25, 0.3) is 11.8 Å². The second-order valence-corrected chi connectivity index (χ2v) is 6.90. The van der Waals surface area contributed by atoms with Crippen molar-refractivity contribution in [3.8, 4) is 0 Å². The van der Waals surface area contributed by atoms with Crippen LogP contribution in [0.5, 0.6) is 0 Å². The molecule has 158 valence electrons. The molecule has 12 heteroatoms. The molecule has 3 rings (SSSR count). The number of hydrogen-bond acceptors (Lipinski definition) is 9. The number of benzene rings is 1. The molecule has 6 atom stereocenters. The number of aromatic amines is 1. The van der Waals surface area contributed by atoms with Crippen LogP contribution < -0.4 is 5.56 Å². The van der Waals surface area contributed by atoms with E-state index >= 15 is 0 Å². The average molecular weight is 414 g/mol. The normalized spacial score (nSPS) is 26.9. The molecule has 1 aromatic heterocycles. The molecule has 7 N–H and O–H groups in total. The fourth-order valence-corrected chi connectivity index (χ4v) is 3.70. The largest absolute Gasteiger partial charge is 0.393 e. The van der Waals surface area contributed by atoms with E-state index in [0.29, 0.717) is 0 Å². The van der Waals surface area contributed by atoms with Crippen molar-refractivity contribution < 1.29 is 44.3 Å². The van der Waals surface area contributed by atoms with Gasteiger partial charge in [-0.05, 0) is 18.2 Å². The monoisotopic (exact) mass is 414 g/mol. The highest BCUT2D eigenvalue weighted by atomic mass is 19.1. The lowest BCUT2D eigenvalue weighted by Crippen LogP contribution is -2.55. The zero-order chi connectivity index (χ0) is 21.5. The molecule has 0 bridgehead atoms. The van der Waals surface area contributed by atoms with Crippen LogP contribution in [0.4, 0.5) is 4.39 Å². The number of carbonyl (C=O) groups excluding carboxylic acids is 1. The predicted octanol–water partition coefficient (Wildman–Crippen LogP) is -3.33. The molecule has 3 unspecified atom stereocenters. The Bertz CT molecular complexity index is 985. The zero-order valence-electron chi connectivity index (χ0n) is 15.0. The molecule has 2 aromatic rings. The number of nitrogens with one attached hydrogen (secondary N) is 1. The number of quaternary nitrogens is 1. The van der Waals surface area contributed by atoms with E-state index in [4.69, 9.17) is 5.11 Å². The molecule has 0 spiro atoms. The molecule has 0 aliphatic carbocycles. The molecule has 1 amide bonds. The first-order chi connectivity index (χ1) is 13.7. The SMILES string of the molecule is O=C(CO)[N+]1([C@@H](O)[C@H](O)CO)C(O)[C@H]1C(O)Cc1nc2ccc(F)cc2[nH]c1=O. The summed E-state index contributed by atoms with van der Waals surface area (Å²) in [6.07, 6.45) is -7.54. The Morgan fingerprint density at radius 3 is 2.59 bits per heavy atom. The molecule has 0 radical (unpaired) electrons. The first kappa shape index (κ1) is 21.4. The van der Waals surface area contributed by atoms with Crippen molar-refractivity contribution in [2.45, 2.75) is 37.1 Å². The van der Waals surface area contributed by atoms with Crippen molar-refractivity contribution >= 4 is 16.9 Å². The maximum Gasteiger partial charge on any atom is 0.344 e. The van der Waals surface area contributed by atoms with Crippen molar-refractivity contribution in [3.63, 3.8) is 0 Å². The molecule has 29 heavy (non-hydrogen) atoms. The lowest BCUT2D eigenvalue weighted by molar-refractivity contribution is -0.825. The second kappa shape index (κ2) is 7.84. The minimum absolute atomic E-state index is 0.141. The summed E-state index contributed by atoms with van der Waals surface area (Å²) >= 11 is 0. The van der Waals surface area contributed by atoms with E-state index in [1.807, 2.05) is 0 Å². The van der Waals surface area contributed by atoms with Crippen LogP contribution in [-0.4, -0.2) is 94.9 Å². The topological polar surface area (TPSA) is 184 Å². The lowest BCUT2D eigenvalue weighted by Gasteiger charge is -2.26. The van der Waals surface area contributed by atoms with Gasteiger partial charge in [0.05, 0.1) is 17.6 Å². The van der Waals surface area contributed by atoms with Crippen molar-refractivity contribution in [1.82, 2.24) is 9.97 Å². The number of halogens is 1. The van der Waals surface area contributed by atoms with Crippen LogP contribution in [-0.2, 0) is 11.2 Å². The fourth-order valence-electron chi connectivity index (χ4n) is 3.70. The summed E-state index contributed by atoms with van der Waals surface area (Å²) in [7, 11) is 0. The first-order valence-corrected chi connectivity index (χ1v) is 8.72. The van der Waals surface area contributed by atoms with Crippen molar-refractivity contribution in [3.05, 3.63) is 40.1 Å². The Hall–Kier alpha value is -2.32. The van der Waals surface area contributed by atoms with Gasteiger partial charge in [-0.1, -0.05) is 0 Å². The van der Waals surface area contributed by atoms with Crippen LogP contribution in [0, 0.1) is 5.82 Å². The van der Waals surface area contributed by atoms with Crippen LogP contribution in [0.2, 0.25) is 0 Å². The molecule has 1 aromatic carbocycles. The summed E-state index contributed by atoms with van der Waals surface area (Å²) < 4.78 is 12.0. The van der Waals surface area contributed by atoms with Gasteiger partial charge in [-0.15, -0.1) is 0 Å². The number of rotatable bonds is 7. The average Bonchev–Trinajstić information content (AvgIpc) is 3.32. The van der Waals surface area contributed by atoms with Gasteiger partial charge in [0.15, 0.2) is 12.7 Å². The Labute approximate surface area is 162 Å². The standard InChI is InChI=1S/C17H20FN3O8/c18-7-1-2-8-9(3-7)20-15(27)10(19-8)4-11(24)14-17(29)21(14,13(26)6-23)16(28)12(25)5-22/h1-3,11-12,14,16-17,22-25,28-29H,4-6H2/p+1/t11?,12-,14-,16+,17?,21?/m1/s1. The van der Waals surface area contributed by atoms with Gasteiger partial charge < -0.3 is 35.6 Å². The van der Waals surface area contributed by atoms with Gasteiger partial charge >= 0.3 is 5.91 Å². The Balaban J connectivity index is 1.90. The van der Waals surface area contributed by atoms with E-state index in [2.05, 4.69) is 9.97 Å². The van der Waals surface area contributed by atoms with E-state index in [-0.39, 0.29) is 16.7 Å². The molecular formula is C17H21FN3O8+. The summed E-state index contributed by atoms with van der Waals surface area (Å²) in [5.41, 5.74) is -0.503. The van der Waals surface area contributed by atoms with Crippen LogP contribution in [0.15, 0.2) is 23.0 Å². The van der Waals surface area contributed by atoms with Crippen LogP contribution in [0.25, 0.3) is 11.0 Å². The quantitative estimate of drug-likeness (QED) is 0.180. The number of carbonyl (C=O) groups is 1. The molecule has 1 aliphatic rings. The Morgan fingerprint density at radius 1 is 1.28 bits per heavy atom. The van der Waals surface area contributed by atoms with Crippen LogP contribution in [0.1, 0.15) is 5.69 Å². The Kier molecular flexibility index (Phi) is 5.78. The van der Waals surface area contributed by atoms with E-state index in [9.17, 15) is 39.5 Å². The van der Waals surface area contributed by atoms with Crippen LogP contribution >= 0.6 is 0 Å². The van der Waals surface area contributed by atoms with E-state index < -0.39 is 72.1 Å². The number of amides is 1. The van der Waals surface area contributed by atoms with Crippen LogP contribution in [0.3, 0.4) is 0 Å². The third-order valence-corrected chi connectivity index (χ3v) is 5.20. The number of aromatic nitrogens is 2. The van der Waals surface area contributed by atoms with Gasteiger partial charge in [-0.2, -0.15) is 4.48 Å². The minimum atomic E-state index is -2.01. The van der Waals surface area contributed by atoms with Crippen molar-refractivity contribution in [2.75, 3.05) is 13.2 Å². The summed E-state index contributed by atoms with van der Waals surface area (Å²) in [5, 5.41) is 58.9. The summed E-state index contributed by atoms with van der Waals surface area (Å²) in [6, 6.07) is 2.14. The maximum atomic E-state index is 13.3. The number of nitrogens with zero attached hydrogens (tertiary/aromatic N) is 2. The third kappa shape index (κ3) is 3.44. The van der Waals surface area contributed by atoms with E-state index in [0.717, 1.165) is 12.1 Å². The number of aliphatic hydroxyl groups is 6. The molecule has 1 fully saturated rings. The third-order valence-electron chi connectivity index (χ3n) is 5.20. The molecule has 1 aliphatic heterocycles. The number of fused-ring (bicyclic) bond motifs is 1. The highest BCUT2D eigenvalue weighted by Gasteiger charge is 2.77. The predicted molar refractivity (Wildman–Crippen MR) is 93.3 cm³/mol. The summed E-state index contributed by atoms with van der Waals surface area (Å²) in [6.45, 7) is -2.03. The molecule has 2 heterocycles. The molecule has 0 saturated carbocycles. The highest BCUT2D eigenvalue weighted by molar-refractivity contribution is 5.74. The van der Waals surface area contributed by atoms with Gasteiger partial charge in [0.1, 0.15) is 17.6 Å². The molecule has 11 nitrogen and oxygen atoms in total. The van der Waals surface area contributed by atoms with Crippen molar-refractivity contribution in [2.24, 2.45) is 0 Å². The van der Waals surface area contributed by atoms with Gasteiger partial charge in [0, 0.05) is 6.42 Å². The second-order valence-electron chi connectivity index (χ2n) is 6.90. The van der Waals surface area contributed by atoms with E-state index in [1.54, 1.807) is 0 Å². The molecule has 1 saturated heterocycles. The van der Waals surface area contributed by atoms with Gasteiger partial charge in [-0.25, -0.2) is 14.2 Å². The number of aliphatic hydroxyl groups excluding tert-OH is 6. The highest BCUT2D eigenvalue weighted by Crippen LogP contribution is 2.44. The van der Waals surface area contributed by atoms with E-state index in [1.165, 1.54) is 6.07 Å². The van der Waals surface area contributed by atoms with Crippen molar-refractivity contribution in [1.29, 1.82) is 0 Å². The number of hydrogen-bond donors (Lipinski definition) is 7. The molecular weight excluding hydrogens is 393 g/mol. The maximum absolute atomic E-state index is 13.3. The zero-order valence-corrected chi connectivity index (χ0v) is 15.0. The lowest BCUT2D eigenvalue weighted by atomic mass is 10.1.